The Kier molecular flexibility index (Phi) is 4.11. The molecule has 6 heteroatoms. The van der Waals surface area contributed by atoms with Crippen molar-refractivity contribution in [2.24, 2.45) is 4.99 Å². The van der Waals surface area contributed by atoms with Gasteiger partial charge in [0.05, 0.1) is 12.8 Å². The summed E-state index contributed by atoms with van der Waals surface area (Å²) in [5.74, 6) is -0.0384. The van der Waals surface area contributed by atoms with Gasteiger partial charge in [0.15, 0.2) is 5.17 Å². The first-order valence-corrected chi connectivity index (χ1v) is 7.84. The lowest BCUT2D eigenvalue weighted by Gasteiger charge is -2.17. The molecular weight excluding hydrogens is 303 g/mol. The second-order valence-electron chi connectivity index (χ2n) is 4.63. The summed E-state index contributed by atoms with van der Waals surface area (Å²) in [6.07, 6.45) is 4.94. The van der Waals surface area contributed by atoms with Gasteiger partial charge in [-0.15, -0.1) is 0 Å². The van der Waals surface area contributed by atoms with E-state index in [9.17, 15) is 9.18 Å². The fraction of sp³-hybridized carbons (Fsp3) is 0.125. The van der Waals surface area contributed by atoms with Crippen LogP contribution >= 0.6 is 11.8 Å². The maximum Gasteiger partial charge on any atom is 0.278 e. The number of rotatable bonds is 3. The molecule has 4 nitrogen and oxygen atoms in total. The zero-order valence-corrected chi connectivity index (χ0v) is 12.6. The number of furan rings is 1. The molecule has 2 aromatic rings. The van der Waals surface area contributed by atoms with Gasteiger partial charge in [0, 0.05) is 11.6 Å². The first-order chi connectivity index (χ1) is 10.7. The van der Waals surface area contributed by atoms with E-state index in [1.165, 1.54) is 29.0 Å². The Morgan fingerprint density at radius 1 is 1.32 bits per heavy atom. The molecule has 0 radical (unpaired) electrons. The maximum absolute atomic E-state index is 13.8. The third kappa shape index (κ3) is 2.82. The molecule has 1 amide bonds. The van der Waals surface area contributed by atoms with E-state index in [4.69, 9.17) is 4.42 Å². The van der Waals surface area contributed by atoms with E-state index < -0.39 is 0 Å². The van der Waals surface area contributed by atoms with E-state index in [1.807, 2.05) is 6.26 Å². The summed E-state index contributed by atoms with van der Waals surface area (Å²) in [5, 5.41) is 0.547. The molecule has 2 heterocycles. The van der Waals surface area contributed by atoms with Crippen LogP contribution in [-0.4, -0.2) is 22.2 Å². The standard InChI is InChI=1S/C16H13FN2O2S/c1-22-16-18-14(9-12-6-4-8-21-12)15(20)19(16)10-11-5-2-3-7-13(11)17/h2-9H,10H2,1H3/b14-9-. The first kappa shape index (κ1) is 14.6. The molecule has 1 aromatic carbocycles. The van der Waals surface area contributed by atoms with Crippen molar-refractivity contribution < 1.29 is 13.6 Å². The van der Waals surface area contributed by atoms with Crippen LogP contribution in [0.5, 0.6) is 0 Å². The lowest BCUT2D eigenvalue weighted by atomic mass is 10.2. The predicted molar refractivity (Wildman–Crippen MR) is 84.6 cm³/mol. The van der Waals surface area contributed by atoms with E-state index in [0.717, 1.165) is 0 Å². The molecular formula is C16H13FN2O2S. The van der Waals surface area contributed by atoms with Gasteiger partial charge >= 0.3 is 0 Å². The summed E-state index contributed by atoms with van der Waals surface area (Å²) in [6, 6.07) is 9.89. The molecule has 1 aliphatic heterocycles. The Balaban J connectivity index is 1.88. The van der Waals surface area contributed by atoms with Gasteiger partial charge in [0.25, 0.3) is 5.91 Å². The van der Waals surface area contributed by atoms with Crippen molar-refractivity contribution in [1.29, 1.82) is 0 Å². The number of hydrogen-bond acceptors (Lipinski definition) is 4. The topological polar surface area (TPSA) is 45.8 Å². The molecule has 0 unspecified atom stereocenters. The van der Waals surface area contributed by atoms with Gasteiger partial charge in [-0.25, -0.2) is 9.38 Å². The zero-order chi connectivity index (χ0) is 15.5. The SMILES string of the molecule is CSC1=N/C(=C\c2ccco2)C(=O)N1Cc1ccccc1F. The minimum atomic E-state index is -0.334. The average molecular weight is 316 g/mol. The Morgan fingerprint density at radius 3 is 2.82 bits per heavy atom. The van der Waals surface area contributed by atoms with Gasteiger partial charge in [0.1, 0.15) is 17.3 Å². The fourth-order valence-corrected chi connectivity index (χ4v) is 2.69. The third-order valence-electron chi connectivity index (χ3n) is 3.20. The quantitative estimate of drug-likeness (QED) is 0.814. The molecule has 3 rings (SSSR count). The van der Waals surface area contributed by atoms with Gasteiger partial charge in [-0.3, -0.25) is 9.69 Å². The van der Waals surface area contributed by atoms with Gasteiger partial charge in [0.2, 0.25) is 0 Å². The summed E-state index contributed by atoms with van der Waals surface area (Å²) >= 11 is 1.35. The average Bonchev–Trinajstić information content (AvgIpc) is 3.12. The van der Waals surface area contributed by atoms with E-state index in [1.54, 1.807) is 36.4 Å². The Hall–Kier alpha value is -2.34. The molecule has 0 atom stereocenters. The van der Waals surface area contributed by atoms with Crippen LogP contribution in [0.4, 0.5) is 4.39 Å². The largest absolute Gasteiger partial charge is 0.465 e. The highest BCUT2D eigenvalue weighted by Crippen LogP contribution is 2.25. The van der Waals surface area contributed by atoms with Crippen LogP contribution in [0.15, 0.2) is 57.8 Å². The highest BCUT2D eigenvalue weighted by atomic mass is 32.2. The highest BCUT2D eigenvalue weighted by molar-refractivity contribution is 8.13. The number of aliphatic imine (C=N–C) groups is 1. The summed E-state index contributed by atoms with van der Waals surface area (Å²) in [5.41, 5.74) is 0.743. The number of benzene rings is 1. The van der Waals surface area contributed by atoms with Crippen molar-refractivity contribution in [2.45, 2.75) is 6.54 Å². The van der Waals surface area contributed by atoms with Crippen molar-refractivity contribution in [3.8, 4) is 0 Å². The van der Waals surface area contributed by atoms with Crippen molar-refractivity contribution in [3.63, 3.8) is 0 Å². The van der Waals surface area contributed by atoms with Crippen molar-refractivity contribution >= 4 is 28.9 Å². The molecule has 1 aromatic heterocycles. The number of halogens is 1. The van der Waals surface area contributed by atoms with Gasteiger partial charge in [-0.05, 0) is 24.5 Å². The summed E-state index contributed by atoms with van der Waals surface area (Å²) in [4.78, 5) is 18.3. The number of carbonyl (C=O) groups is 1. The molecule has 112 valence electrons. The van der Waals surface area contributed by atoms with Gasteiger partial charge in [-0.1, -0.05) is 30.0 Å². The molecule has 22 heavy (non-hydrogen) atoms. The molecule has 0 spiro atoms. The number of amidine groups is 1. The molecule has 0 N–H and O–H groups in total. The maximum atomic E-state index is 13.8. The van der Waals surface area contributed by atoms with Crippen LogP contribution in [0, 0.1) is 5.82 Å². The normalized spacial score (nSPS) is 16.5. The Morgan fingerprint density at radius 2 is 2.14 bits per heavy atom. The lowest BCUT2D eigenvalue weighted by Crippen LogP contribution is -2.30. The van der Waals surface area contributed by atoms with E-state index >= 15 is 0 Å². The van der Waals surface area contributed by atoms with Crippen molar-refractivity contribution in [1.82, 2.24) is 4.90 Å². The molecule has 0 saturated carbocycles. The predicted octanol–water partition coefficient (Wildman–Crippen LogP) is 3.52. The summed E-state index contributed by atoms with van der Waals surface area (Å²) in [7, 11) is 0. The van der Waals surface area contributed by atoms with Crippen LogP contribution in [-0.2, 0) is 11.3 Å². The minimum absolute atomic E-state index is 0.153. The zero-order valence-electron chi connectivity index (χ0n) is 11.8. The fourth-order valence-electron chi connectivity index (χ4n) is 2.13. The van der Waals surface area contributed by atoms with Gasteiger partial charge < -0.3 is 4.42 Å². The molecule has 0 bridgehead atoms. The van der Waals surface area contributed by atoms with Crippen LogP contribution < -0.4 is 0 Å². The smallest absolute Gasteiger partial charge is 0.278 e. The first-order valence-electron chi connectivity index (χ1n) is 6.62. The Labute approximate surface area is 131 Å². The molecule has 0 fully saturated rings. The molecule has 0 aliphatic carbocycles. The van der Waals surface area contributed by atoms with E-state index in [-0.39, 0.29) is 24.0 Å². The van der Waals surface area contributed by atoms with E-state index in [0.29, 0.717) is 16.5 Å². The molecule has 0 saturated heterocycles. The minimum Gasteiger partial charge on any atom is -0.465 e. The monoisotopic (exact) mass is 316 g/mol. The summed E-state index contributed by atoms with van der Waals surface area (Å²) in [6.45, 7) is 0.153. The third-order valence-corrected chi connectivity index (χ3v) is 3.88. The number of amides is 1. The number of hydrogen-bond donors (Lipinski definition) is 0. The van der Waals surface area contributed by atoms with Crippen molar-refractivity contribution in [2.75, 3.05) is 6.26 Å². The number of nitrogens with zero attached hydrogens (tertiary/aromatic N) is 2. The lowest BCUT2D eigenvalue weighted by molar-refractivity contribution is -0.122. The van der Waals surface area contributed by atoms with Crippen LogP contribution in [0.3, 0.4) is 0 Å². The van der Waals surface area contributed by atoms with E-state index in [2.05, 4.69) is 4.99 Å². The van der Waals surface area contributed by atoms with Crippen molar-refractivity contribution in [3.05, 3.63) is 65.5 Å². The second-order valence-corrected chi connectivity index (χ2v) is 5.40. The van der Waals surface area contributed by atoms with Gasteiger partial charge in [-0.2, -0.15) is 0 Å². The highest BCUT2D eigenvalue weighted by Gasteiger charge is 2.30. The van der Waals surface area contributed by atoms with Crippen LogP contribution in [0.1, 0.15) is 11.3 Å². The number of carbonyl (C=O) groups excluding carboxylic acids is 1. The number of thioether (sulfide) groups is 1. The summed E-state index contributed by atoms with van der Waals surface area (Å²) < 4.78 is 19.0. The Bertz CT molecular complexity index is 753. The second kappa shape index (κ2) is 6.19. The van der Waals surface area contributed by atoms with Crippen LogP contribution in [0.2, 0.25) is 0 Å². The molecule has 1 aliphatic rings. The van der Waals surface area contributed by atoms with Crippen LogP contribution in [0.25, 0.3) is 6.08 Å².